The van der Waals surface area contributed by atoms with Gasteiger partial charge in [-0.25, -0.2) is 4.39 Å². The fourth-order valence-corrected chi connectivity index (χ4v) is 2.40. The summed E-state index contributed by atoms with van der Waals surface area (Å²) in [6.07, 6.45) is 0. The zero-order valence-corrected chi connectivity index (χ0v) is 11.4. The van der Waals surface area contributed by atoms with Crippen LogP contribution in [-0.4, -0.2) is 6.54 Å². The summed E-state index contributed by atoms with van der Waals surface area (Å²) in [5.41, 5.74) is 2.79. The predicted molar refractivity (Wildman–Crippen MR) is 72.4 cm³/mol. The minimum atomic E-state index is -0.197. The van der Waals surface area contributed by atoms with Crippen LogP contribution >= 0.6 is 0 Å². The molecule has 2 rings (SSSR count). The third-order valence-corrected chi connectivity index (χ3v) is 3.17. The van der Waals surface area contributed by atoms with Gasteiger partial charge in [0.15, 0.2) is 0 Å². The molecule has 0 bridgehead atoms. The van der Waals surface area contributed by atoms with E-state index in [4.69, 9.17) is 4.42 Å². The predicted octanol–water partition coefficient (Wildman–Crippen LogP) is 4.11. The Morgan fingerprint density at radius 2 is 2.06 bits per heavy atom. The second-order valence-electron chi connectivity index (χ2n) is 4.97. The average molecular weight is 249 g/mol. The normalized spacial score (nSPS) is 11.7. The van der Waals surface area contributed by atoms with Crippen LogP contribution < -0.4 is 5.32 Å². The van der Waals surface area contributed by atoms with Crippen molar-refractivity contribution in [3.05, 3.63) is 34.8 Å². The molecule has 1 heterocycles. The van der Waals surface area contributed by atoms with Crippen LogP contribution in [0.25, 0.3) is 11.0 Å². The molecule has 0 saturated carbocycles. The zero-order chi connectivity index (χ0) is 13.3. The van der Waals surface area contributed by atoms with E-state index in [1.807, 2.05) is 6.92 Å². The molecule has 0 fully saturated rings. The van der Waals surface area contributed by atoms with E-state index in [1.54, 1.807) is 6.07 Å². The molecule has 18 heavy (non-hydrogen) atoms. The molecule has 98 valence electrons. The van der Waals surface area contributed by atoms with Crippen LogP contribution in [0.2, 0.25) is 0 Å². The molecule has 0 aliphatic heterocycles. The van der Waals surface area contributed by atoms with Crippen LogP contribution in [0.4, 0.5) is 4.39 Å². The lowest BCUT2D eigenvalue weighted by molar-refractivity contribution is 0.508. The standard InChI is InChI=1S/C15H20FNO/c1-5-17-8-13-14(9(2)3)12-7-11(16)6-10(4)15(12)18-13/h6-7,9,17H,5,8H2,1-4H3. The summed E-state index contributed by atoms with van der Waals surface area (Å²) in [5.74, 6) is 1.05. The first-order valence-electron chi connectivity index (χ1n) is 6.46. The van der Waals surface area contributed by atoms with Gasteiger partial charge < -0.3 is 9.73 Å². The van der Waals surface area contributed by atoms with Gasteiger partial charge in [-0.1, -0.05) is 20.8 Å². The number of fused-ring (bicyclic) bond motifs is 1. The topological polar surface area (TPSA) is 25.2 Å². The van der Waals surface area contributed by atoms with E-state index in [9.17, 15) is 4.39 Å². The van der Waals surface area contributed by atoms with Gasteiger partial charge in [0.05, 0.1) is 6.54 Å². The zero-order valence-electron chi connectivity index (χ0n) is 11.4. The summed E-state index contributed by atoms with van der Waals surface area (Å²) in [6, 6.07) is 3.10. The molecule has 0 atom stereocenters. The van der Waals surface area contributed by atoms with Crippen LogP contribution in [0.1, 0.15) is 43.6 Å². The van der Waals surface area contributed by atoms with E-state index in [-0.39, 0.29) is 5.82 Å². The first-order chi connectivity index (χ1) is 8.54. The molecule has 0 aliphatic carbocycles. The Hall–Kier alpha value is -1.35. The molecule has 1 aromatic heterocycles. The van der Waals surface area contributed by atoms with Crippen molar-refractivity contribution in [2.75, 3.05) is 6.54 Å². The van der Waals surface area contributed by atoms with Crippen LogP contribution in [0.3, 0.4) is 0 Å². The van der Waals surface area contributed by atoms with Crippen LogP contribution in [0.15, 0.2) is 16.5 Å². The highest BCUT2D eigenvalue weighted by atomic mass is 19.1. The maximum atomic E-state index is 13.5. The molecule has 2 aromatic rings. The molecule has 1 aromatic carbocycles. The Morgan fingerprint density at radius 1 is 1.33 bits per heavy atom. The highest BCUT2D eigenvalue weighted by Gasteiger charge is 2.18. The lowest BCUT2D eigenvalue weighted by atomic mass is 9.98. The summed E-state index contributed by atoms with van der Waals surface area (Å²) < 4.78 is 19.5. The van der Waals surface area contributed by atoms with Gasteiger partial charge in [0.25, 0.3) is 0 Å². The van der Waals surface area contributed by atoms with E-state index in [0.717, 1.165) is 34.4 Å². The largest absolute Gasteiger partial charge is 0.459 e. The van der Waals surface area contributed by atoms with E-state index in [2.05, 4.69) is 26.1 Å². The van der Waals surface area contributed by atoms with Crippen molar-refractivity contribution in [1.29, 1.82) is 0 Å². The van der Waals surface area contributed by atoms with Gasteiger partial charge in [-0.2, -0.15) is 0 Å². The summed E-state index contributed by atoms with van der Waals surface area (Å²) in [6.45, 7) is 9.75. The number of hydrogen-bond acceptors (Lipinski definition) is 2. The van der Waals surface area contributed by atoms with Gasteiger partial charge in [0, 0.05) is 10.9 Å². The van der Waals surface area contributed by atoms with Crippen molar-refractivity contribution < 1.29 is 8.81 Å². The van der Waals surface area contributed by atoms with E-state index in [1.165, 1.54) is 6.07 Å². The molecule has 0 amide bonds. The maximum Gasteiger partial charge on any atom is 0.137 e. The Labute approximate surface area is 107 Å². The van der Waals surface area contributed by atoms with Crippen molar-refractivity contribution in [3.8, 4) is 0 Å². The van der Waals surface area contributed by atoms with Crippen molar-refractivity contribution >= 4 is 11.0 Å². The molecule has 0 radical (unpaired) electrons. The smallest absolute Gasteiger partial charge is 0.137 e. The SMILES string of the molecule is CCNCc1oc2c(C)cc(F)cc2c1C(C)C. The number of furan rings is 1. The molecular weight excluding hydrogens is 229 g/mol. The number of hydrogen-bond donors (Lipinski definition) is 1. The molecular formula is C15H20FNO. The Morgan fingerprint density at radius 3 is 2.67 bits per heavy atom. The number of benzene rings is 1. The number of nitrogens with one attached hydrogen (secondary N) is 1. The minimum absolute atomic E-state index is 0.197. The third kappa shape index (κ3) is 2.27. The van der Waals surface area contributed by atoms with Gasteiger partial charge >= 0.3 is 0 Å². The van der Waals surface area contributed by atoms with Crippen LogP contribution in [0, 0.1) is 12.7 Å². The molecule has 0 saturated heterocycles. The molecule has 0 aliphatic rings. The third-order valence-electron chi connectivity index (χ3n) is 3.17. The highest BCUT2D eigenvalue weighted by Crippen LogP contribution is 2.34. The van der Waals surface area contributed by atoms with Gasteiger partial charge in [0.1, 0.15) is 17.2 Å². The van der Waals surface area contributed by atoms with E-state index < -0.39 is 0 Å². The second-order valence-corrected chi connectivity index (χ2v) is 4.97. The fourth-order valence-electron chi connectivity index (χ4n) is 2.40. The van der Waals surface area contributed by atoms with Crippen LogP contribution in [-0.2, 0) is 6.54 Å². The first kappa shape index (κ1) is 13.1. The van der Waals surface area contributed by atoms with Gasteiger partial charge in [-0.15, -0.1) is 0 Å². The molecule has 0 unspecified atom stereocenters. The molecule has 0 spiro atoms. The quantitative estimate of drug-likeness (QED) is 0.882. The van der Waals surface area contributed by atoms with Gasteiger partial charge in [0.2, 0.25) is 0 Å². The highest BCUT2D eigenvalue weighted by molar-refractivity contribution is 5.85. The van der Waals surface area contributed by atoms with Crippen molar-refractivity contribution in [2.45, 2.75) is 40.2 Å². The first-order valence-corrected chi connectivity index (χ1v) is 6.46. The second kappa shape index (κ2) is 5.11. The average Bonchev–Trinajstić information content (AvgIpc) is 2.64. The van der Waals surface area contributed by atoms with Crippen LogP contribution in [0.5, 0.6) is 0 Å². The molecule has 3 heteroatoms. The van der Waals surface area contributed by atoms with Crippen molar-refractivity contribution in [1.82, 2.24) is 5.32 Å². The monoisotopic (exact) mass is 249 g/mol. The lowest BCUT2D eigenvalue weighted by Crippen LogP contribution is -2.12. The molecule has 1 N–H and O–H groups in total. The summed E-state index contributed by atoms with van der Waals surface area (Å²) in [5, 5.41) is 4.18. The number of rotatable bonds is 4. The number of aryl methyl sites for hydroxylation is 1. The van der Waals surface area contributed by atoms with E-state index >= 15 is 0 Å². The minimum Gasteiger partial charge on any atom is -0.459 e. The maximum absolute atomic E-state index is 13.5. The van der Waals surface area contributed by atoms with Gasteiger partial charge in [-0.05, 0) is 37.1 Å². The van der Waals surface area contributed by atoms with Gasteiger partial charge in [-0.3, -0.25) is 0 Å². The van der Waals surface area contributed by atoms with E-state index in [0.29, 0.717) is 12.5 Å². The molecule has 2 nitrogen and oxygen atoms in total. The lowest BCUT2D eigenvalue weighted by Gasteiger charge is -2.06. The Kier molecular flexibility index (Phi) is 3.71. The van der Waals surface area contributed by atoms with Crippen molar-refractivity contribution in [3.63, 3.8) is 0 Å². The fraction of sp³-hybridized carbons (Fsp3) is 0.467. The Balaban J connectivity index is 2.63. The summed E-state index contributed by atoms with van der Waals surface area (Å²) >= 11 is 0. The summed E-state index contributed by atoms with van der Waals surface area (Å²) in [7, 11) is 0. The Bertz CT molecular complexity index is 557. The summed E-state index contributed by atoms with van der Waals surface area (Å²) in [4.78, 5) is 0. The van der Waals surface area contributed by atoms with Crippen molar-refractivity contribution in [2.24, 2.45) is 0 Å². The number of halogens is 1.